The molecule has 1 aromatic rings. The molecule has 18 heavy (non-hydrogen) atoms. The number of benzene rings is 1. The quantitative estimate of drug-likeness (QED) is 0.625. The van der Waals surface area contributed by atoms with Crippen molar-refractivity contribution in [3.05, 3.63) is 40.8 Å². The lowest BCUT2D eigenvalue weighted by molar-refractivity contribution is 0.121. The average molecular weight is 286 g/mol. The number of hydrogen-bond donors (Lipinski definition) is 1. The Labute approximate surface area is 119 Å². The Bertz CT molecular complexity index is 435. The molecular formula is C13H16BClFOS. The van der Waals surface area contributed by atoms with E-state index in [1.807, 2.05) is 20.8 Å². The van der Waals surface area contributed by atoms with Gasteiger partial charge in [0.2, 0.25) is 0 Å². The molecule has 0 spiro atoms. The van der Waals surface area contributed by atoms with E-state index >= 15 is 0 Å². The number of hydrogen-bond acceptors (Lipinski definition) is 2. The third-order valence-corrected chi connectivity index (χ3v) is 3.67. The van der Waals surface area contributed by atoms with Crippen LogP contribution in [0.15, 0.2) is 30.2 Å². The van der Waals surface area contributed by atoms with Crippen LogP contribution in [0, 0.1) is 0 Å². The minimum absolute atomic E-state index is 0.0329. The Morgan fingerprint density at radius 2 is 2.11 bits per heavy atom. The Morgan fingerprint density at radius 3 is 2.67 bits per heavy atom. The Morgan fingerprint density at radius 1 is 1.50 bits per heavy atom. The van der Waals surface area contributed by atoms with Gasteiger partial charge in [-0.25, -0.2) is 4.39 Å². The molecule has 0 aliphatic heterocycles. The van der Waals surface area contributed by atoms with E-state index in [9.17, 15) is 4.39 Å². The van der Waals surface area contributed by atoms with Crippen molar-refractivity contribution < 1.29 is 9.04 Å². The van der Waals surface area contributed by atoms with Crippen molar-refractivity contribution in [2.75, 3.05) is 0 Å². The minimum atomic E-state index is -0.458. The van der Waals surface area contributed by atoms with Crippen LogP contribution in [-0.2, 0) is 4.65 Å². The topological polar surface area (TPSA) is 9.23 Å². The minimum Gasteiger partial charge on any atom is -0.429 e. The van der Waals surface area contributed by atoms with Crippen LogP contribution in [0.2, 0.25) is 5.02 Å². The molecule has 0 bridgehead atoms. The molecule has 97 valence electrons. The molecule has 1 radical (unpaired) electrons. The zero-order valence-corrected chi connectivity index (χ0v) is 12.3. The molecule has 1 rings (SSSR count). The van der Waals surface area contributed by atoms with Gasteiger partial charge in [0.1, 0.15) is 5.83 Å². The van der Waals surface area contributed by atoms with Gasteiger partial charge in [-0.1, -0.05) is 42.7 Å². The number of halogens is 2. The van der Waals surface area contributed by atoms with Crippen LogP contribution in [0.5, 0.6) is 0 Å². The highest BCUT2D eigenvalue weighted by Gasteiger charge is 2.23. The fraction of sp³-hybridized carbons (Fsp3) is 0.385. The van der Waals surface area contributed by atoms with Gasteiger partial charge < -0.3 is 4.65 Å². The van der Waals surface area contributed by atoms with Crippen LogP contribution in [0.4, 0.5) is 4.39 Å². The SMILES string of the molecule is CC(S)C(C)(C)O[B]/C=C(\F)c1ccccc1Cl. The van der Waals surface area contributed by atoms with Gasteiger partial charge in [-0.3, -0.25) is 0 Å². The third-order valence-electron chi connectivity index (χ3n) is 2.72. The van der Waals surface area contributed by atoms with E-state index in [0.29, 0.717) is 10.6 Å². The van der Waals surface area contributed by atoms with E-state index in [-0.39, 0.29) is 5.25 Å². The van der Waals surface area contributed by atoms with Crippen molar-refractivity contribution in [2.45, 2.75) is 31.6 Å². The van der Waals surface area contributed by atoms with Gasteiger partial charge in [-0.05, 0) is 19.9 Å². The molecule has 0 aliphatic carbocycles. The van der Waals surface area contributed by atoms with Gasteiger partial charge in [0.15, 0.2) is 0 Å². The predicted molar refractivity (Wildman–Crippen MR) is 79.9 cm³/mol. The molecule has 0 aliphatic rings. The smallest absolute Gasteiger partial charge is 0.325 e. The zero-order valence-electron chi connectivity index (χ0n) is 10.7. The van der Waals surface area contributed by atoms with E-state index in [4.69, 9.17) is 16.3 Å². The Balaban J connectivity index is 2.67. The molecule has 0 amide bonds. The summed E-state index contributed by atoms with van der Waals surface area (Å²) in [5.74, 6) is 0.835. The molecule has 1 aromatic carbocycles. The fourth-order valence-corrected chi connectivity index (χ4v) is 1.40. The molecule has 0 heterocycles. The summed E-state index contributed by atoms with van der Waals surface area (Å²) in [5, 5.41) is 0.409. The standard InChI is InChI=1S/C13H16BClFOS/c1-9(18)13(2,3)17-14-8-12(16)10-6-4-5-7-11(10)15/h4-9,18H,1-3H3/b12-8-. The van der Waals surface area contributed by atoms with Crippen molar-refractivity contribution in [2.24, 2.45) is 0 Å². The monoisotopic (exact) mass is 285 g/mol. The maximum Gasteiger partial charge on any atom is 0.325 e. The van der Waals surface area contributed by atoms with Crippen LogP contribution < -0.4 is 0 Å². The molecule has 5 heteroatoms. The van der Waals surface area contributed by atoms with E-state index in [1.165, 1.54) is 13.5 Å². The second kappa shape index (κ2) is 6.64. The average Bonchev–Trinajstić information content (AvgIpc) is 2.29. The maximum atomic E-state index is 13.8. The first-order valence-corrected chi connectivity index (χ1v) is 6.54. The summed E-state index contributed by atoms with van der Waals surface area (Å²) < 4.78 is 19.3. The van der Waals surface area contributed by atoms with Crippen LogP contribution in [-0.4, -0.2) is 18.3 Å². The van der Waals surface area contributed by atoms with Gasteiger partial charge in [-0.2, -0.15) is 12.6 Å². The molecule has 1 unspecified atom stereocenters. The predicted octanol–water partition coefficient (Wildman–Crippen LogP) is 4.34. The largest absolute Gasteiger partial charge is 0.429 e. The van der Waals surface area contributed by atoms with Gasteiger partial charge in [-0.15, -0.1) is 0 Å². The first-order chi connectivity index (χ1) is 8.34. The third kappa shape index (κ3) is 4.34. The maximum absolute atomic E-state index is 13.8. The summed E-state index contributed by atoms with van der Waals surface area (Å²) in [6.07, 6.45) is 0. The molecule has 1 atom stereocenters. The summed E-state index contributed by atoms with van der Waals surface area (Å²) in [6.45, 7) is 5.70. The van der Waals surface area contributed by atoms with Crippen LogP contribution in [0.3, 0.4) is 0 Å². The van der Waals surface area contributed by atoms with Crippen molar-refractivity contribution in [3.8, 4) is 0 Å². The van der Waals surface area contributed by atoms with E-state index in [1.54, 1.807) is 24.3 Å². The second-order valence-electron chi connectivity index (χ2n) is 4.53. The van der Waals surface area contributed by atoms with Crippen LogP contribution in [0.1, 0.15) is 26.3 Å². The van der Waals surface area contributed by atoms with Gasteiger partial charge in [0, 0.05) is 10.8 Å². The summed E-state index contributed by atoms with van der Waals surface area (Å²) in [5.41, 5.74) is -0.101. The van der Waals surface area contributed by atoms with Gasteiger partial charge >= 0.3 is 7.48 Å². The molecule has 0 aromatic heterocycles. The lowest BCUT2D eigenvalue weighted by Gasteiger charge is -2.28. The summed E-state index contributed by atoms with van der Waals surface area (Å²) in [4.78, 5) is 0. The van der Waals surface area contributed by atoms with Crippen molar-refractivity contribution in [3.63, 3.8) is 0 Å². The lowest BCUT2D eigenvalue weighted by atomic mass is 9.94. The van der Waals surface area contributed by atoms with Crippen LogP contribution in [0.25, 0.3) is 5.83 Å². The first-order valence-electron chi connectivity index (χ1n) is 5.64. The zero-order chi connectivity index (χ0) is 13.8. The Kier molecular flexibility index (Phi) is 5.76. The molecule has 0 saturated carbocycles. The molecule has 0 saturated heterocycles. The lowest BCUT2D eigenvalue weighted by Crippen LogP contribution is -2.34. The normalized spacial score (nSPS) is 14.4. The van der Waals surface area contributed by atoms with Crippen molar-refractivity contribution in [1.29, 1.82) is 0 Å². The Hall–Kier alpha value is -0.445. The van der Waals surface area contributed by atoms with E-state index in [0.717, 1.165) is 0 Å². The van der Waals surface area contributed by atoms with Crippen molar-refractivity contribution >= 4 is 37.5 Å². The van der Waals surface area contributed by atoms with Gasteiger partial charge in [0.05, 0.1) is 10.6 Å². The second-order valence-corrected chi connectivity index (χ2v) is 5.71. The highest BCUT2D eigenvalue weighted by molar-refractivity contribution is 7.81. The molecular weight excluding hydrogens is 269 g/mol. The molecule has 1 nitrogen and oxygen atoms in total. The fourth-order valence-electron chi connectivity index (χ4n) is 1.11. The molecule has 0 fully saturated rings. The van der Waals surface area contributed by atoms with Gasteiger partial charge in [0.25, 0.3) is 0 Å². The summed E-state index contributed by atoms with van der Waals surface area (Å²) >= 11 is 10.2. The highest BCUT2D eigenvalue weighted by atomic mass is 35.5. The first kappa shape index (κ1) is 15.6. The van der Waals surface area contributed by atoms with Crippen molar-refractivity contribution in [1.82, 2.24) is 0 Å². The summed E-state index contributed by atoms with van der Waals surface area (Å²) in [6, 6.07) is 6.75. The number of thiol groups is 1. The van der Waals surface area contributed by atoms with E-state index in [2.05, 4.69) is 12.6 Å². The molecule has 0 N–H and O–H groups in total. The number of rotatable bonds is 5. The van der Waals surface area contributed by atoms with E-state index < -0.39 is 11.4 Å². The summed E-state index contributed by atoms with van der Waals surface area (Å²) in [7, 11) is 1.34. The van der Waals surface area contributed by atoms with Crippen LogP contribution >= 0.6 is 24.2 Å². The highest BCUT2D eigenvalue weighted by Crippen LogP contribution is 2.25.